The number of anilines is 1. The molecule has 0 saturated carbocycles. The zero-order valence-corrected chi connectivity index (χ0v) is 12.1. The summed E-state index contributed by atoms with van der Waals surface area (Å²) in [6.07, 6.45) is -3.77. The molecule has 2 aromatic heterocycles. The number of aromatic nitrogens is 4. The molecule has 23 heavy (non-hydrogen) atoms. The molecular weight excluding hydrogens is 307 g/mol. The van der Waals surface area contributed by atoms with Crippen LogP contribution in [0.1, 0.15) is 23.2 Å². The van der Waals surface area contributed by atoms with Crippen molar-refractivity contribution in [1.29, 1.82) is 0 Å². The Morgan fingerprint density at radius 3 is 2.57 bits per heavy atom. The average molecular weight is 321 g/mol. The van der Waals surface area contributed by atoms with E-state index in [9.17, 15) is 13.2 Å². The number of aryl methyl sites for hydroxylation is 1. The minimum absolute atomic E-state index is 0.205. The topological polar surface area (TPSA) is 69.1 Å². The summed E-state index contributed by atoms with van der Waals surface area (Å²) in [5, 5.41) is 3.97. The first-order chi connectivity index (χ1) is 10.9. The second-order valence-corrected chi connectivity index (χ2v) is 5.17. The third kappa shape index (κ3) is 3.41. The average Bonchev–Trinajstić information content (AvgIpc) is 2.97. The van der Waals surface area contributed by atoms with Crippen LogP contribution < -0.4 is 5.73 Å². The maximum atomic E-state index is 12.6. The molecule has 0 unspecified atom stereocenters. The van der Waals surface area contributed by atoms with Crippen LogP contribution >= 0.6 is 0 Å². The van der Waals surface area contributed by atoms with Crippen LogP contribution in [0.15, 0.2) is 36.7 Å². The number of halogens is 3. The highest BCUT2D eigenvalue weighted by atomic mass is 19.4. The number of nitrogen functional groups attached to an aromatic ring is 1. The molecule has 0 fully saturated rings. The molecule has 3 rings (SSSR count). The van der Waals surface area contributed by atoms with E-state index in [-0.39, 0.29) is 18.0 Å². The number of rotatable bonds is 4. The zero-order chi connectivity index (χ0) is 16.4. The molecule has 8 heteroatoms. The fourth-order valence-corrected chi connectivity index (χ4v) is 2.40. The van der Waals surface area contributed by atoms with Crippen molar-refractivity contribution in [2.45, 2.75) is 25.4 Å². The standard InChI is InChI=1S/C15H14F3N5/c16-15(17,18)7-6-12-11(8-10-4-2-1-3-5-10)13(19)23-14(22-12)20-9-21-23/h1-5,9H,6-8,19H2. The van der Waals surface area contributed by atoms with Gasteiger partial charge in [0.15, 0.2) is 0 Å². The minimum Gasteiger partial charge on any atom is -0.383 e. The predicted octanol–water partition coefficient (Wildman–Crippen LogP) is 2.79. The quantitative estimate of drug-likeness (QED) is 0.802. The van der Waals surface area contributed by atoms with Crippen molar-refractivity contribution in [3.63, 3.8) is 0 Å². The van der Waals surface area contributed by atoms with Gasteiger partial charge in [-0.05, 0) is 12.0 Å². The van der Waals surface area contributed by atoms with Gasteiger partial charge in [0, 0.05) is 18.4 Å². The van der Waals surface area contributed by atoms with Crippen LogP contribution in [0.5, 0.6) is 0 Å². The number of fused-ring (bicyclic) bond motifs is 1. The summed E-state index contributed by atoms with van der Waals surface area (Å²) in [5.41, 5.74) is 7.89. The fourth-order valence-electron chi connectivity index (χ4n) is 2.40. The van der Waals surface area contributed by atoms with Crippen molar-refractivity contribution in [2.75, 3.05) is 5.73 Å². The zero-order valence-electron chi connectivity index (χ0n) is 12.1. The van der Waals surface area contributed by atoms with E-state index < -0.39 is 12.6 Å². The van der Waals surface area contributed by atoms with E-state index in [0.29, 0.717) is 17.7 Å². The molecule has 0 spiro atoms. The largest absolute Gasteiger partial charge is 0.389 e. The third-order valence-electron chi connectivity index (χ3n) is 3.52. The Balaban J connectivity index is 2.03. The third-order valence-corrected chi connectivity index (χ3v) is 3.52. The molecule has 0 bridgehead atoms. The molecule has 3 aromatic rings. The van der Waals surface area contributed by atoms with E-state index >= 15 is 0 Å². The smallest absolute Gasteiger partial charge is 0.383 e. The van der Waals surface area contributed by atoms with E-state index in [1.165, 1.54) is 10.8 Å². The Kier molecular flexibility index (Phi) is 3.89. The number of hydrogen-bond acceptors (Lipinski definition) is 4. The number of alkyl halides is 3. The van der Waals surface area contributed by atoms with Gasteiger partial charge >= 0.3 is 6.18 Å². The first kappa shape index (κ1) is 15.3. The Morgan fingerprint density at radius 2 is 1.87 bits per heavy atom. The van der Waals surface area contributed by atoms with Gasteiger partial charge in [-0.2, -0.15) is 27.8 Å². The molecule has 0 aliphatic carbocycles. The van der Waals surface area contributed by atoms with Gasteiger partial charge in [-0.25, -0.2) is 4.98 Å². The molecule has 0 radical (unpaired) electrons. The number of benzene rings is 1. The summed E-state index contributed by atoms with van der Waals surface area (Å²) in [6.45, 7) is 0. The van der Waals surface area contributed by atoms with Crippen molar-refractivity contribution in [3.05, 3.63) is 53.5 Å². The maximum Gasteiger partial charge on any atom is 0.389 e. The van der Waals surface area contributed by atoms with Crippen LogP contribution in [0.2, 0.25) is 0 Å². The van der Waals surface area contributed by atoms with Gasteiger partial charge in [-0.3, -0.25) is 0 Å². The van der Waals surface area contributed by atoms with Gasteiger partial charge in [-0.15, -0.1) is 0 Å². The second kappa shape index (κ2) is 5.86. The minimum atomic E-state index is -4.25. The van der Waals surface area contributed by atoms with Gasteiger partial charge < -0.3 is 5.73 Å². The molecule has 0 saturated heterocycles. The van der Waals surface area contributed by atoms with Crippen LogP contribution in [-0.4, -0.2) is 25.8 Å². The van der Waals surface area contributed by atoms with E-state index in [1.54, 1.807) is 0 Å². The van der Waals surface area contributed by atoms with Crippen molar-refractivity contribution in [2.24, 2.45) is 0 Å². The molecule has 5 nitrogen and oxygen atoms in total. The number of nitrogens with zero attached hydrogens (tertiary/aromatic N) is 4. The lowest BCUT2D eigenvalue weighted by Crippen LogP contribution is -2.14. The van der Waals surface area contributed by atoms with Crippen LogP contribution in [-0.2, 0) is 12.8 Å². The van der Waals surface area contributed by atoms with Gasteiger partial charge in [0.1, 0.15) is 12.1 Å². The molecule has 120 valence electrons. The maximum absolute atomic E-state index is 12.6. The van der Waals surface area contributed by atoms with E-state index in [0.717, 1.165) is 5.56 Å². The van der Waals surface area contributed by atoms with Crippen LogP contribution in [0.25, 0.3) is 5.78 Å². The van der Waals surface area contributed by atoms with E-state index in [2.05, 4.69) is 15.1 Å². The molecule has 2 heterocycles. The van der Waals surface area contributed by atoms with E-state index in [4.69, 9.17) is 5.73 Å². The van der Waals surface area contributed by atoms with Gasteiger partial charge in [0.2, 0.25) is 0 Å². The summed E-state index contributed by atoms with van der Waals surface area (Å²) < 4.78 is 39.0. The molecular formula is C15H14F3N5. The molecule has 0 aliphatic rings. The molecule has 1 aromatic carbocycles. The lowest BCUT2D eigenvalue weighted by atomic mass is 10.0. The Morgan fingerprint density at radius 1 is 1.13 bits per heavy atom. The number of hydrogen-bond donors (Lipinski definition) is 1. The molecule has 0 amide bonds. The monoisotopic (exact) mass is 321 g/mol. The summed E-state index contributed by atoms with van der Waals surface area (Å²) in [7, 11) is 0. The molecule has 2 N–H and O–H groups in total. The fraction of sp³-hybridized carbons (Fsp3) is 0.267. The Labute approximate surface area is 130 Å². The summed E-state index contributed by atoms with van der Waals surface area (Å²) >= 11 is 0. The summed E-state index contributed by atoms with van der Waals surface area (Å²) in [4.78, 5) is 8.12. The van der Waals surface area contributed by atoms with E-state index in [1.807, 2.05) is 30.3 Å². The van der Waals surface area contributed by atoms with Crippen molar-refractivity contribution in [1.82, 2.24) is 19.6 Å². The number of nitrogens with two attached hydrogens (primary N) is 1. The predicted molar refractivity (Wildman–Crippen MR) is 78.8 cm³/mol. The summed E-state index contributed by atoms with van der Waals surface area (Å²) in [5.74, 6) is 0.477. The first-order valence-electron chi connectivity index (χ1n) is 7.01. The normalized spacial score (nSPS) is 12.0. The summed E-state index contributed by atoms with van der Waals surface area (Å²) in [6, 6.07) is 9.37. The SMILES string of the molecule is Nc1c(Cc2ccccc2)c(CCC(F)(F)F)nc2ncnn12. The highest BCUT2D eigenvalue weighted by molar-refractivity contribution is 5.51. The highest BCUT2D eigenvalue weighted by Gasteiger charge is 2.28. The van der Waals surface area contributed by atoms with Crippen LogP contribution in [0.4, 0.5) is 19.0 Å². The lowest BCUT2D eigenvalue weighted by molar-refractivity contribution is -0.134. The second-order valence-electron chi connectivity index (χ2n) is 5.17. The first-order valence-corrected chi connectivity index (χ1v) is 7.01. The van der Waals surface area contributed by atoms with Gasteiger partial charge in [0.25, 0.3) is 5.78 Å². The van der Waals surface area contributed by atoms with Gasteiger partial charge in [-0.1, -0.05) is 30.3 Å². The van der Waals surface area contributed by atoms with Crippen LogP contribution in [0, 0.1) is 0 Å². The molecule has 0 atom stereocenters. The highest BCUT2D eigenvalue weighted by Crippen LogP contribution is 2.26. The lowest BCUT2D eigenvalue weighted by Gasteiger charge is -2.13. The Bertz CT molecular complexity index is 811. The van der Waals surface area contributed by atoms with Crippen molar-refractivity contribution < 1.29 is 13.2 Å². The Hall–Kier alpha value is -2.64. The van der Waals surface area contributed by atoms with Crippen LogP contribution in [0.3, 0.4) is 0 Å². The van der Waals surface area contributed by atoms with Gasteiger partial charge in [0.05, 0.1) is 5.69 Å². The molecule has 0 aliphatic heterocycles. The van der Waals surface area contributed by atoms with Crippen molar-refractivity contribution in [3.8, 4) is 0 Å². The van der Waals surface area contributed by atoms with Crippen molar-refractivity contribution >= 4 is 11.6 Å².